The van der Waals surface area contributed by atoms with Crippen LogP contribution in [0.2, 0.25) is 0 Å². The molecular weight excluding hydrogens is 785 g/mol. The van der Waals surface area contributed by atoms with Gasteiger partial charge in [0, 0.05) is 38.6 Å². The van der Waals surface area contributed by atoms with Gasteiger partial charge in [-0.3, -0.25) is 0 Å². The van der Waals surface area contributed by atoms with E-state index in [4.69, 9.17) is 0 Å². The Morgan fingerprint density at radius 1 is 0.308 bits per heavy atom. The Morgan fingerprint density at radius 3 is 1.40 bits per heavy atom. The minimum absolute atomic E-state index is 0.418. The first-order valence-corrected chi connectivity index (χ1v) is 22.6. The number of hydrogen-bond acceptors (Lipinski definition) is 1. The summed E-state index contributed by atoms with van der Waals surface area (Å²) in [7, 11) is 0. The number of benzene rings is 11. The highest BCUT2D eigenvalue weighted by atomic mass is 15.1. The van der Waals surface area contributed by atoms with Crippen LogP contribution in [0.5, 0.6) is 0 Å². The third-order valence-corrected chi connectivity index (χ3v) is 14.4. The van der Waals surface area contributed by atoms with Gasteiger partial charge in [0.25, 0.3) is 0 Å². The van der Waals surface area contributed by atoms with E-state index in [1.807, 2.05) is 0 Å². The van der Waals surface area contributed by atoms with Crippen molar-refractivity contribution in [1.82, 2.24) is 4.57 Å². The van der Waals surface area contributed by atoms with Gasteiger partial charge in [0.05, 0.1) is 22.1 Å². The number of rotatable bonds is 5. The zero-order valence-corrected chi connectivity index (χ0v) is 35.5. The van der Waals surface area contributed by atoms with Crippen molar-refractivity contribution in [1.29, 1.82) is 0 Å². The molecule has 0 saturated heterocycles. The lowest BCUT2D eigenvalue weighted by Gasteiger charge is -2.30. The third kappa shape index (κ3) is 4.94. The SMILES string of the molecule is c1ccc(-c2c3ccccc3c(N(c3ccccc3)c3ccc4c(c3)c3ccccc3n4-c3ccc4c(c3)C3(c5ccccc5-c5ccccc53)c3ccccc3-4)c3ccccc23)cc1. The summed E-state index contributed by atoms with van der Waals surface area (Å²) < 4.78 is 2.49. The standard InChI is InChI=1S/C63H40N2/c1-3-19-41(20-4-1)61-50-27-7-9-29-52(50)62(53-30-10-8-28-51(53)61)64(42-21-5-2-6-22-42)43-36-38-60-54(39-43)49-26-14-18-34-59(49)65(60)44-35-37-48-47-25-13-17-33-57(47)63(58(48)40-44)55-31-15-11-23-45(55)46-24-12-16-32-56(46)63/h1-40H. The summed E-state index contributed by atoms with van der Waals surface area (Å²) in [5, 5.41) is 7.31. The van der Waals surface area contributed by atoms with Crippen molar-refractivity contribution in [3.8, 4) is 39.1 Å². The van der Waals surface area contributed by atoms with E-state index >= 15 is 0 Å². The highest BCUT2D eigenvalue weighted by molar-refractivity contribution is 6.23. The van der Waals surface area contributed by atoms with Crippen molar-refractivity contribution in [2.45, 2.75) is 5.41 Å². The maximum atomic E-state index is 2.50. The zero-order valence-electron chi connectivity index (χ0n) is 35.5. The van der Waals surface area contributed by atoms with E-state index in [0.29, 0.717) is 0 Å². The minimum atomic E-state index is -0.418. The van der Waals surface area contributed by atoms with Crippen molar-refractivity contribution < 1.29 is 0 Å². The Balaban J connectivity index is 1.02. The fourth-order valence-electron chi connectivity index (χ4n) is 11.8. The quantitative estimate of drug-likeness (QED) is 0.157. The summed E-state index contributed by atoms with van der Waals surface area (Å²) in [5.74, 6) is 0. The van der Waals surface area contributed by atoms with Crippen LogP contribution in [0.4, 0.5) is 17.1 Å². The Hall–Kier alpha value is -8.46. The van der Waals surface area contributed by atoms with Crippen LogP contribution in [-0.2, 0) is 5.41 Å². The molecule has 0 fully saturated rings. The Kier molecular flexibility index (Phi) is 7.64. The molecule has 11 aromatic carbocycles. The van der Waals surface area contributed by atoms with Crippen LogP contribution in [0.1, 0.15) is 22.3 Å². The van der Waals surface area contributed by atoms with Crippen LogP contribution in [0, 0.1) is 0 Å². The second-order valence-corrected chi connectivity index (χ2v) is 17.5. The smallest absolute Gasteiger partial charge is 0.0726 e. The second kappa shape index (κ2) is 13.8. The largest absolute Gasteiger partial charge is 0.309 e. The minimum Gasteiger partial charge on any atom is -0.309 e. The predicted molar refractivity (Wildman–Crippen MR) is 272 cm³/mol. The maximum Gasteiger partial charge on any atom is 0.0726 e. The summed E-state index contributed by atoms with van der Waals surface area (Å²) in [5.41, 5.74) is 19.6. The number of para-hydroxylation sites is 2. The number of nitrogens with zero attached hydrogens (tertiary/aromatic N) is 2. The second-order valence-electron chi connectivity index (χ2n) is 17.5. The van der Waals surface area contributed by atoms with E-state index in [1.165, 1.54) is 105 Å². The molecular formula is C63H40N2. The number of fused-ring (bicyclic) bond motifs is 15. The average Bonchev–Trinajstić information content (AvgIpc) is 3.98. The molecule has 2 aliphatic rings. The van der Waals surface area contributed by atoms with Gasteiger partial charge in [-0.25, -0.2) is 0 Å². The molecule has 0 radical (unpaired) electrons. The van der Waals surface area contributed by atoms with Crippen LogP contribution in [0.3, 0.4) is 0 Å². The molecule has 0 bridgehead atoms. The molecule has 1 aromatic heterocycles. The van der Waals surface area contributed by atoms with Crippen LogP contribution in [-0.4, -0.2) is 4.57 Å². The molecule has 0 aliphatic heterocycles. The molecule has 14 rings (SSSR count). The molecule has 65 heavy (non-hydrogen) atoms. The van der Waals surface area contributed by atoms with E-state index in [-0.39, 0.29) is 0 Å². The van der Waals surface area contributed by atoms with Gasteiger partial charge >= 0.3 is 0 Å². The molecule has 1 spiro atoms. The third-order valence-electron chi connectivity index (χ3n) is 14.4. The maximum absolute atomic E-state index is 2.50. The highest BCUT2D eigenvalue weighted by Gasteiger charge is 2.51. The van der Waals surface area contributed by atoms with Crippen molar-refractivity contribution >= 4 is 60.4 Å². The Morgan fingerprint density at radius 2 is 0.785 bits per heavy atom. The van der Waals surface area contributed by atoms with Crippen molar-refractivity contribution in [3.63, 3.8) is 0 Å². The Bertz CT molecular complexity index is 3780. The predicted octanol–water partition coefficient (Wildman–Crippen LogP) is 16.6. The summed E-state index contributed by atoms with van der Waals surface area (Å²) in [6.07, 6.45) is 0. The lowest BCUT2D eigenvalue weighted by molar-refractivity contribution is 0.792. The summed E-state index contributed by atoms with van der Waals surface area (Å²) >= 11 is 0. The topological polar surface area (TPSA) is 8.17 Å². The van der Waals surface area contributed by atoms with Crippen LogP contribution in [0.25, 0.3) is 82.4 Å². The molecule has 0 saturated carbocycles. The molecule has 2 aliphatic carbocycles. The van der Waals surface area contributed by atoms with Gasteiger partial charge < -0.3 is 9.47 Å². The fourth-order valence-corrected chi connectivity index (χ4v) is 11.8. The molecule has 2 heteroatoms. The Labute approximate surface area is 377 Å². The number of aromatic nitrogens is 1. The van der Waals surface area contributed by atoms with Gasteiger partial charge in [-0.05, 0) is 115 Å². The molecule has 1 heterocycles. The monoisotopic (exact) mass is 824 g/mol. The van der Waals surface area contributed by atoms with E-state index in [9.17, 15) is 0 Å². The van der Waals surface area contributed by atoms with Crippen LogP contribution >= 0.6 is 0 Å². The van der Waals surface area contributed by atoms with Gasteiger partial charge in [-0.1, -0.05) is 194 Å². The molecule has 0 amide bonds. The van der Waals surface area contributed by atoms with E-state index in [1.54, 1.807) is 0 Å². The molecule has 12 aromatic rings. The van der Waals surface area contributed by atoms with E-state index in [2.05, 4.69) is 252 Å². The molecule has 0 N–H and O–H groups in total. The first-order chi connectivity index (χ1) is 32.3. The summed E-state index contributed by atoms with van der Waals surface area (Å²) in [4.78, 5) is 2.48. The van der Waals surface area contributed by atoms with E-state index < -0.39 is 5.41 Å². The number of anilines is 3. The van der Waals surface area contributed by atoms with Gasteiger partial charge in [0.1, 0.15) is 0 Å². The molecule has 0 atom stereocenters. The highest BCUT2D eigenvalue weighted by Crippen LogP contribution is 2.63. The summed E-state index contributed by atoms with van der Waals surface area (Å²) in [6, 6.07) is 90.0. The van der Waals surface area contributed by atoms with Gasteiger partial charge in [0.15, 0.2) is 0 Å². The zero-order chi connectivity index (χ0) is 42.6. The molecule has 0 unspecified atom stereocenters. The first kappa shape index (κ1) is 36.1. The first-order valence-electron chi connectivity index (χ1n) is 22.6. The average molecular weight is 825 g/mol. The van der Waals surface area contributed by atoms with Crippen molar-refractivity contribution in [3.05, 3.63) is 265 Å². The van der Waals surface area contributed by atoms with E-state index in [0.717, 1.165) is 17.1 Å². The normalized spacial score (nSPS) is 13.0. The number of hydrogen-bond donors (Lipinski definition) is 0. The molecule has 2 nitrogen and oxygen atoms in total. The molecule has 302 valence electrons. The van der Waals surface area contributed by atoms with Crippen molar-refractivity contribution in [2.24, 2.45) is 0 Å². The summed E-state index contributed by atoms with van der Waals surface area (Å²) in [6.45, 7) is 0. The van der Waals surface area contributed by atoms with Crippen molar-refractivity contribution in [2.75, 3.05) is 4.90 Å². The van der Waals surface area contributed by atoms with Gasteiger partial charge in [-0.15, -0.1) is 0 Å². The van der Waals surface area contributed by atoms with Crippen LogP contribution < -0.4 is 4.90 Å². The fraction of sp³-hybridized carbons (Fsp3) is 0.0159. The van der Waals surface area contributed by atoms with Crippen LogP contribution in [0.15, 0.2) is 243 Å². The van der Waals surface area contributed by atoms with Gasteiger partial charge in [0.2, 0.25) is 0 Å². The lowest BCUT2D eigenvalue weighted by Crippen LogP contribution is -2.26. The van der Waals surface area contributed by atoms with Gasteiger partial charge in [-0.2, -0.15) is 0 Å². The lowest BCUT2D eigenvalue weighted by atomic mass is 9.70.